The van der Waals surface area contributed by atoms with Crippen molar-refractivity contribution in [3.63, 3.8) is 0 Å². The summed E-state index contributed by atoms with van der Waals surface area (Å²) in [6.45, 7) is 3.61. The molecule has 11 nitrogen and oxygen atoms in total. The number of halogens is 1. The largest absolute Gasteiger partial charge is 0.383 e. The molecule has 0 saturated heterocycles. The van der Waals surface area contributed by atoms with Crippen LogP contribution in [0.4, 0.5) is 28.4 Å². The first kappa shape index (κ1) is 25.9. The third kappa shape index (κ3) is 7.31. The minimum absolute atomic E-state index is 0.0113. The SMILES string of the molecule is COCCN(CCOC)c1ccc(N=Nc2c(Br)cc([N+](=O)[O-])cc2C#N)c(NC(C)=O)c1. The highest BCUT2D eigenvalue weighted by Gasteiger charge is 2.16. The van der Waals surface area contributed by atoms with E-state index < -0.39 is 4.92 Å². The summed E-state index contributed by atoms with van der Waals surface area (Å²) in [5.74, 6) is -0.293. The lowest BCUT2D eigenvalue weighted by atomic mass is 10.2. The molecule has 33 heavy (non-hydrogen) atoms. The van der Waals surface area contributed by atoms with Gasteiger partial charge in [-0.25, -0.2) is 0 Å². The molecule has 0 atom stereocenters. The number of ether oxygens (including phenoxy) is 2. The summed E-state index contributed by atoms with van der Waals surface area (Å²) >= 11 is 3.21. The number of nitrogens with one attached hydrogen (secondary N) is 1. The van der Waals surface area contributed by atoms with Gasteiger partial charge in [0, 0.05) is 52.1 Å². The van der Waals surface area contributed by atoms with Gasteiger partial charge in [0.1, 0.15) is 17.4 Å². The molecule has 0 aliphatic carbocycles. The number of rotatable bonds is 11. The minimum atomic E-state index is -0.598. The van der Waals surface area contributed by atoms with Crippen molar-refractivity contribution in [2.24, 2.45) is 10.2 Å². The van der Waals surface area contributed by atoms with Gasteiger partial charge in [-0.2, -0.15) is 5.26 Å². The smallest absolute Gasteiger partial charge is 0.272 e. The highest BCUT2D eigenvalue weighted by atomic mass is 79.9. The first-order valence-corrected chi connectivity index (χ1v) is 10.5. The van der Waals surface area contributed by atoms with Gasteiger partial charge in [-0.15, -0.1) is 10.2 Å². The van der Waals surface area contributed by atoms with Crippen molar-refractivity contribution in [1.29, 1.82) is 5.26 Å². The first-order chi connectivity index (χ1) is 15.8. The molecule has 0 aromatic heterocycles. The monoisotopic (exact) mass is 518 g/mol. The molecule has 2 rings (SSSR count). The summed E-state index contributed by atoms with van der Waals surface area (Å²) in [5.41, 5.74) is 1.47. The van der Waals surface area contributed by atoms with Crippen LogP contribution in [0.1, 0.15) is 12.5 Å². The van der Waals surface area contributed by atoms with Crippen molar-refractivity contribution in [2.75, 3.05) is 50.7 Å². The number of nitro benzene ring substituents is 1. The molecular formula is C21H23BrN6O5. The van der Waals surface area contributed by atoms with E-state index in [1.165, 1.54) is 13.0 Å². The van der Waals surface area contributed by atoms with Gasteiger partial charge in [0.25, 0.3) is 5.69 Å². The third-order valence-electron chi connectivity index (χ3n) is 4.42. The Morgan fingerprint density at radius 3 is 2.42 bits per heavy atom. The van der Waals surface area contributed by atoms with E-state index in [1.54, 1.807) is 26.4 Å². The van der Waals surface area contributed by atoms with Crippen LogP contribution >= 0.6 is 15.9 Å². The number of nitrogens with zero attached hydrogens (tertiary/aromatic N) is 5. The summed E-state index contributed by atoms with van der Waals surface area (Å²) in [7, 11) is 3.24. The Labute approximate surface area is 199 Å². The fourth-order valence-electron chi connectivity index (χ4n) is 2.85. The number of carbonyl (C=O) groups is 1. The van der Waals surface area contributed by atoms with E-state index in [0.29, 0.717) is 37.7 Å². The molecule has 2 aromatic carbocycles. The highest BCUT2D eigenvalue weighted by molar-refractivity contribution is 9.10. The number of carbonyl (C=O) groups excluding carboxylic acids is 1. The standard InChI is InChI=1S/C21H23BrN6O5/c1-14(29)24-20-12-16(27(6-8-32-2)7-9-33-3)4-5-19(20)25-26-21-15(13-23)10-17(28(30)31)11-18(21)22/h4-5,10-12H,6-9H2,1-3H3,(H,24,29). The van der Waals surface area contributed by atoms with Crippen LogP contribution in [0.5, 0.6) is 0 Å². The van der Waals surface area contributed by atoms with Gasteiger partial charge in [-0.3, -0.25) is 14.9 Å². The molecule has 0 unspecified atom stereocenters. The van der Waals surface area contributed by atoms with Crippen LogP contribution in [0.3, 0.4) is 0 Å². The van der Waals surface area contributed by atoms with Crippen LogP contribution in [0.15, 0.2) is 45.0 Å². The Balaban J connectivity index is 2.46. The second-order valence-electron chi connectivity index (χ2n) is 6.75. The second kappa shape index (κ2) is 12.6. The van der Waals surface area contributed by atoms with Gasteiger partial charge in [0.05, 0.1) is 33.9 Å². The van der Waals surface area contributed by atoms with Crippen LogP contribution in [-0.2, 0) is 14.3 Å². The van der Waals surface area contributed by atoms with Crippen LogP contribution in [0, 0.1) is 21.4 Å². The van der Waals surface area contributed by atoms with Gasteiger partial charge in [-0.05, 0) is 34.1 Å². The number of methoxy groups -OCH3 is 2. The molecular weight excluding hydrogens is 496 g/mol. The Kier molecular flexibility index (Phi) is 9.86. The topological polar surface area (TPSA) is 142 Å². The van der Waals surface area contributed by atoms with E-state index in [4.69, 9.17) is 9.47 Å². The summed E-state index contributed by atoms with van der Waals surface area (Å²) in [6, 6.07) is 9.53. The average molecular weight is 519 g/mol. The van der Waals surface area contributed by atoms with Gasteiger partial charge in [0.15, 0.2) is 0 Å². The number of hydrogen-bond acceptors (Lipinski definition) is 9. The van der Waals surface area contributed by atoms with E-state index in [9.17, 15) is 20.2 Å². The fourth-order valence-corrected chi connectivity index (χ4v) is 3.38. The first-order valence-electron chi connectivity index (χ1n) is 9.75. The predicted octanol–water partition coefficient (Wildman–Crippen LogP) is 4.70. The maximum atomic E-state index is 11.8. The average Bonchev–Trinajstić information content (AvgIpc) is 2.78. The lowest BCUT2D eigenvalue weighted by Crippen LogP contribution is -2.30. The van der Waals surface area contributed by atoms with Gasteiger partial charge in [-0.1, -0.05) is 0 Å². The number of non-ortho nitro benzene ring substituents is 1. The van der Waals surface area contributed by atoms with Crippen molar-refractivity contribution in [3.05, 3.63) is 50.5 Å². The third-order valence-corrected chi connectivity index (χ3v) is 5.03. The number of benzene rings is 2. The zero-order valence-electron chi connectivity index (χ0n) is 18.4. The van der Waals surface area contributed by atoms with Gasteiger partial charge in [0.2, 0.25) is 5.91 Å². The lowest BCUT2D eigenvalue weighted by molar-refractivity contribution is -0.384. The Morgan fingerprint density at radius 1 is 1.21 bits per heavy atom. The van der Waals surface area contributed by atoms with E-state index in [0.717, 1.165) is 11.8 Å². The van der Waals surface area contributed by atoms with E-state index in [2.05, 4.69) is 31.5 Å². The molecule has 1 amide bonds. The molecule has 1 N–H and O–H groups in total. The molecule has 0 aliphatic heterocycles. The fraction of sp³-hybridized carbons (Fsp3) is 0.333. The van der Waals surface area contributed by atoms with Crippen molar-refractivity contribution >= 4 is 50.3 Å². The second-order valence-corrected chi connectivity index (χ2v) is 7.60. The number of anilines is 2. The molecule has 0 spiro atoms. The summed E-state index contributed by atoms with van der Waals surface area (Å²) < 4.78 is 10.6. The molecule has 0 aliphatic rings. The molecule has 2 aromatic rings. The van der Waals surface area contributed by atoms with Gasteiger partial charge < -0.3 is 19.7 Å². The minimum Gasteiger partial charge on any atom is -0.383 e. The normalized spacial score (nSPS) is 10.8. The van der Waals surface area contributed by atoms with E-state index >= 15 is 0 Å². The van der Waals surface area contributed by atoms with Gasteiger partial charge >= 0.3 is 0 Å². The van der Waals surface area contributed by atoms with Crippen LogP contribution in [0.2, 0.25) is 0 Å². The van der Waals surface area contributed by atoms with Crippen LogP contribution in [0.25, 0.3) is 0 Å². The molecule has 0 heterocycles. The van der Waals surface area contributed by atoms with Crippen molar-refractivity contribution in [2.45, 2.75) is 6.92 Å². The predicted molar refractivity (Wildman–Crippen MR) is 126 cm³/mol. The van der Waals surface area contributed by atoms with Crippen LogP contribution < -0.4 is 10.2 Å². The Bertz CT molecular complexity index is 1080. The summed E-state index contributed by atoms with van der Waals surface area (Å²) in [5, 5.41) is 31.5. The molecule has 12 heteroatoms. The number of nitriles is 1. The quantitative estimate of drug-likeness (QED) is 0.258. The van der Waals surface area contributed by atoms with Crippen LogP contribution in [-0.4, -0.2) is 51.4 Å². The number of amides is 1. The molecule has 0 bridgehead atoms. The number of hydrogen-bond donors (Lipinski definition) is 1. The maximum Gasteiger partial charge on any atom is 0.272 e. The zero-order valence-corrected chi connectivity index (χ0v) is 20.0. The maximum absolute atomic E-state index is 11.8. The highest BCUT2D eigenvalue weighted by Crippen LogP contribution is 2.36. The van der Waals surface area contributed by atoms with E-state index in [-0.39, 0.29) is 27.3 Å². The lowest BCUT2D eigenvalue weighted by Gasteiger charge is -2.25. The molecule has 0 saturated carbocycles. The summed E-state index contributed by atoms with van der Waals surface area (Å²) in [4.78, 5) is 24.3. The zero-order chi connectivity index (χ0) is 24.4. The van der Waals surface area contributed by atoms with Crippen molar-refractivity contribution in [1.82, 2.24) is 0 Å². The Morgan fingerprint density at radius 2 is 1.88 bits per heavy atom. The number of nitro groups is 1. The Hall–Kier alpha value is -3.40. The molecule has 0 radical (unpaired) electrons. The molecule has 0 fully saturated rings. The van der Waals surface area contributed by atoms with Crippen molar-refractivity contribution in [3.8, 4) is 6.07 Å². The van der Waals surface area contributed by atoms with Crippen molar-refractivity contribution < 1.29 is 19.2 Å². The van der Waals surface area contributed by atoms with E-state index in [1.807, 2.05) is 17.0 Å². The summed E-state index contributed by atoms with van der Waals surface area (Å²) in [6.07, 6.45) is 0. The molecule has 174 valence electrons. The number of azo groups is 1.